The van der Waals surface area contributed by atoms with E-state index in [9.17, 15) is 0 Å². The number of rotatable bonds is 3. The topological polar surface area (TPSA) is 52.8 Å². The molecule has 0 aliphatic carbocycles. The Morgan fingerprint density at radius 3 is 2.67 bits per heavy atom. The number of aromatic nitrogens is 2. The molecule has 0 radical (unpaired) electrons. The molecule has 1 aromatic carbocycles. The molecule has 0 N–H and O–H groups in total. The average Bonchev–Trinajstić information content (AvgIpc) is 2.41. The second-order valence-corrected chi connectivity index (χ2v) is 4.77. The van der Waals surface area contributed by atoms with Crippen LogP contribution in [0.3, 0.4) is 0 Å². The maximum absolute atomic E-state index is 8.80. The smallest absolute Gasteiger partial charge is 0.145 e. The lowest BCUT2D eigenvalue weighted by Crippen LogP contribution is -2.17. The van der Waals surface area contributed by atoms with Crippen LogP contribution in [0.1, 0.15) is 11.3 Å². The molecule has 0 amide bonds. The van der Waals surface area contributed by atoms with Crippen LogP contribution in [0, 0.1) is 11.3 Å². The molecule has 18 heavy (non-hydrogen) atoms. The van der Waals surface area contributed by atoms with Crippen LogP contribution >= 0.6 is 15.9 Å². The first kappa shape index (κ1) is 12.5. The summed E-state index contributed by atoms with van der Waals surface area (Å²) in [5.41, 5.74) is 1.56. The SMILES string of the molecule is CN(Cc1ccc(Br)cc1)c1cc(C#N)ncn1. The van der Waals surface area contributed by atoms with E-state index >= 15 is 0 Å². The van der Waals surface area contributed by atoms with Crippen LogP contribution in [-0.2, 0) is 6.54 Å². The number of anilines is 1. The number of hydrogen-bond donors (Lipinski definition) is 0. The summed E-state index contributed by atoms with van der Waals surface area (Å²) in [7, 11) is 1.94. The van der Waals surface area contributed by atoms with Crippen molar-refractivity contribution < 1.29 is 0 Å². The Hall–Kier alpha value is -1.93. The van der Waals surface area contributed by atoms with E-state index < -0.39 is 0 Å². The minimum absolute atomic E-state index is 0.377. The minimum atomic E-state index is 0.377. The molecule has 5 heteroatoms. The number of hydrogen-bond acceptors (Lipinski definition) is 4. The summed E-state index contributed by atoms with van der Waals surface area (Å²) >= 11 is 3.41. The van der Waals surface area contributed by atoms with Gasteiger partial charge in [-0.1, -0.05) is 28.1 Å². The van der Waals surface area contributed by atoms with Gasteiger partial charge < -0.3 is 4.90 Å². The lowest BCUT2D eigenvalue weighted by atomic mass is 10.2. The largest absolute Gasteiger partial charge is 0.355 e. The van der Waals surface area contributed by atoms with Gasteiger partial charge in [0, 0.05) is 24.1 Å². The van der Waals surface area contributed by atoms with Gasteiger partial charge in [-0.3, -0.25) is 0 Å². The molecule has 0 aliphatic rings. The summed E-state index contributed by atoms with van der Waals surface area (Å²) in [6.07, 6.45) is 1.41. The van der Waals surface area contributed by atoms with Crippen LogP contribution in [-0.4, -0.2) is 17.0 Å². The Kier molecular flexibility index (Phi) is 3.90. The molecule has 0 bridgehead atoms. The lowest BCUT2D eigenvalue weighted by molar-refractivity contribution is 0.889. The van der Waals surface area contributed by atoms with Gasteiger partial charge in [0.05, 0.1) is 0 Å². The fourth-order valence-corrected chi connectivity index (χ4v) is 1.83. The maximum atomic E-state index is 8.80. The molecule has 2 aromatic rings. The molecule has 0 aliphatic heterocycles. The highest BCUT2D eigenvalue weighted by Crippen LogP contribution is 2.15. The Bertz CT molecular complexity index is 574. The van der Waals surface area contributed by atoms with Gasteiger partial charge in [0.15, 0.2) is 0 Å². The van der Waals surface area contributed by atoms with E-state index in [0.717, 1.165) is 16.8 Å². The normalized spacial score (nSPS) is 9.83. The molecule has 0 unspecified atom stereocenters. The van der Waals surface area contributed by atoms with Crippen LogP contribution in [0.25, 0.3) is 0 Å². The van der Waals surface area contributed by atoms with Crippen molar-refractivity contribution in [3.05, 3.63) is 52.4 Å². The van der Waals surface area contributed by atoms with E-state index in [0.29, 0.717) is 5.69 Å². The molecular formula is C13H11BrN4. The van der Waals surface area contributed by atoms with E-state index in [1.165, 1.54) is 11.9 Å². The molecule has 0 saturated heterocycles. The number of halogens is 1. The van der Waals surface area contributed by atoms with Crippen LogP contribution in [0.4, 0.5) is 5.82 Å². The van der Waals surface area contributed by atoms with E-state index in [-0.39, 0.29) is 0 Å². The second-order valence-electron chi connectivity index (χ2n) is 3.86. The van der Waals surface area contributed by atoms with Crippen LogP contribution in [0.2, 0.25) is 0 Å². The van der Waals surface area contributed by atoms with Crippen LogP contribution in [0.5, 0.6) is 0 Å². The molecule has 0 saturated carbocycles. The van der Waals surface area contributed by atoms with Crippen molar-refractivity contribution in [2.45, 2.75) is 6.54 Å². The first-order valence-corrected chi connectivity index (χ1v) is 6.16. The number of nitriles is 1. The molecule has 1 heterocycles. The van der Waals surface area contributed by atoms with Crippen LogP contribution < -0.4 is 4.90 Å². The average molecular weight is 303 g/mol. The predicted molar refractivity (Wildman–Crippen MR) is 73.0 cm³/mol. The van der Waals surface area contributed by atoms with Gasteiger partial charge in [-0.15, -0.1) is 0 Å². The zero-order chi connectivity index (χ0) is 13.0. The highest BCUT2D eigenvalue weighted by atomic mass is 79.9. The highest BCUT2D eigenvalue weighted by molar-refractivity contribution is 9.10. The lowest BCUT2D eigenvalue weighted by Gasteiger charge is -2.17. The van der Waals surface area contributed by atoms with Crippen molar-refractivity contribution in [1.29, 1.82) is 5.26 Å². The second kappa shape index (κ2) is 5.61. The van der Waals surface area contributed by atoms with Gasteiger partial charge >= 0.3 is 0 Å². The summed E-state index contributed by atoms with van der Waals surface area (Å²) in [5, 5.41) is 8.80. The summed E-state index contributed by atoms with van der Waals surface area (Å²) < 4.78 is 1.06. The molecule has 90 valence electrons. The monoisotopic (exact) mass is 302 g/mol. The fraction of sp³-hybridized carbons (Fsp3) is 0.154. The van der Waals surface area contributed by atoms with Gasteiger partial charge in [-0.25, -0.2) is 9.97 Å². The van der Waals surface area contributed by atoms with Crippen molar-refractivity contribution in [3.8, 4) is 6.07 Å². The maximum Gasteiger partial charge on any atom is 0.145 e. The van der Waals surface area contributed by atoms with Crippen molar-refractivity contribution in [2.75, 3.05) is 11.9 Å². The third-order valence-electron chi connectivity index (χ3n) is 2.49. The van der Waals surface area contributed by atoms with Crippen molar-refractivity contribution in [3.63, 3.8) is 0 Å². The molecule has 0 spiro atoms. The number of benzene rings is 1. The Labute approximate surface area is 114 Å². The summed E-state index contributed by atoms with van der Waals surface area (Å²) in [5.74, 6) is 0.740. The van der Waals surface area contributed by atoms with Crippen molar-refractivity contribution in [1.82, 2.24) is 9.97 Å². The summed E-state index contributed by atoms with van der Waals surface area (Å²) in [4.78, 5) is 9.99. The minimum Gasteiger partial charge on any atom is -0.355 e. The van der Waals surface area contributed by atoms with Gasteiger partial charge in [0.1, 0.15) is 23.9 Å². The highest BCUT2D eigenvalue weighted by Gasteiger charge is 2.05. The zero-order valence-corrected chi connectivity index (χ0v) is 11.4. The standard InChI is InChI=1S/C13H11BrN4/c1-18(8-10-2-4-11(14)5-3-10)13-6-12(7-15)16-9-17-13/h2-6,9H,8H2,1H3. The first-order valence-electron chi connectivity index (χ1n) is 5.37. The van der Waals surface area contributed by atoms with Gasteiger partial charge in [-0.2, -0.15) is 5.26 Å². The third-order valence-corrected chi connectivity index (χ3v) is 3.02. The molecular weight excluding hydrogens is 292 g/mol. The fourth-order valence-electron chi connectivity index (χ4n) is 1.56. The molecule has 0 atom stereocenters. The van der Waals surface area contributed by atoms with Crippen molar-refractivity contribution in [2.24, 2.45) is 0 Å². The third kappa shape index (κ3) is 3.05. The summed E-state index contributed by atoms with van der Waals surface area (Å²) in [6.45, 7) is 0.731. The number of nitrogens with zero attached hydrogens (tertiary/aromatic N) is 4. The van der Waals surface area contributed by atoms with Crippen LogP contribution in [0.15, 0.2) is 41.1 Å². The van der Waals surface area contributed by atoms with Crippen molar-refractivity contribution >= 4 is 21.7 Å². The Morgan fingerprint density at radius 1 is 1.28 bits per heavy atom. The van der Waals surface area contributed by atoms with E-state index in [4.69, 9.17) is 5.26 Å². The van der Waals surface area contributed by atoms with E-state index in [2.05, 4.69) is 25.9 Å². The van der Waals surface area contributed by atoms with Gasteiger partial charge in [-0.05, 0) is 17.7 Å². The van der Waals surface area contributed by atoms with Gasteiger partial charge in [0.25, 0.3) is 0 Å². The zero-order valence-electron chi connectivity index (χ0n) is 9.84. The van der Waals surface area contributed by atoms with Gasteiger partial charge in [0.2, 0.25) is 0 Å². The Balaban J connectivity index is 2.14. The molecule has 4 nitrogen and oxygen atoms in total. The predicted octanol–water partition coefficient (Wildman–Crippen LogP) is 2.75. The Morgan fingerprint density at radius 2 is 2.00 bits per heavy atom. The van der Waals surface area contributed by atoms with E-state index in [1.54, 1.807) is 6.07 Å². The quantitative estimate of drug-likeness (QED) is 0.875. The van der Waals surface area contributed by atoms with E-state index in [1.807, 2.05) is 42.3 Å². The molecule has 1 aromatic heterocycles. The summed E-state index contributed by atoms with van der Waals surface area (Å²) in [6, 6.07) is 11.8. The molecule has 0 fully saturated rings. The first-order chi connectivity index (χ1) is 8.69. The molecule has 2 rings (SSSR count).